The molecule has 0 aromatic rings. The van der Waals surface area contributed by atoms with Crippen molar-refractivity contribution in [2.45, 2.75) is 0 Å². The van der Waals surface area contributed by atoms with Crippen molar-refractivity contribution < 1.29 is 16.8 Å². The Hall–Kier alpha value is -0.294. The summed E-state index contributed by atoms with van der Waals surface area (Å²) in [5, 5.41) is 9.00. The van der Waals surface area contributed by atoms with Crippen LogP contribution in [0.25, 0.3) is 29.1 Å². The molecular formula is C4H14CoN6O2-4. The Morgan fingerprint density at radius 1 is 0.923 bits per heavy atom. The smallest absolute Gasteiger partial charge is 0.693 e. The van der Waals surface area contributed by atoms with Gasteiger partial charge in [-0.2, -0.15) is 26.2 Å². The molecule has 0 aromatic carbocycles. The van der Waals surface area contributed by atoms with E-state index < -0.39 is 0 Å². The molecule has 0 atom stereocenters. The van der Waals surface area contributed by atoms with Crippen LogP contribution in [0.3, 0.4) is 0 Å². The zero-order chi connectivity index (χ0) is 9.54. The van der Waals surface area contributed by atoms with Gasteiger partial charge in [0.2, 0.25) is 0 Å². The Kier molecular flexibility index (Phi) is 137. The summed E-state index contributed by atoms with van der Waals surface area (Å²) >= 11 is 0. The molecule has 85 valence electrons. The van der Waals surface area contributed by atoms with E-state index in [0.717, 1.165) is 5.34 Å². The maximum atomic E-state index is 8.00. The van der Waals surface area contributed by atoms with Crippen molar-refractivity contribution in [1.82, 2.24) is 0 Å². The van der Waals surface area contributed by atoms with Gasteiger partial charge in [-0.3, -0.25) is 0 Å². The van der Waals surface area contributed by atoms with Crippen molar-refractivity contribution in [3.05, 3.63) is 39.2 Å². The molecule has 0 spiro atoms. The fourth-order valence-electron chi connectivity index (χ4n) is 0. The molecule has 0 amide bonds. The van der Waals surface area contributed by atoms with E-state index in [4.69, 9.17) is 33.0 Å². The number of rotatable bonds is 2. The van der Waals surface area contributed by atoms with E-state index in [1.54, 1.807) is 0 Å². The molecule has 0 aliphatic heterocycles. The quantitative estimate of drug-likeness (QED) is 0.528. The van der Waals surface area contributed by atoms with Crippen LogP contribution in [-0.4, -0.2) is 26.2 Å². The molecule has 0 saturated heterocycles. The topological polar surface area (TPSA) is 181 Å². The molecule has 0 saturated carbocycles. The predicted octanol–water partition coefficient (Wildman–Crippen LogP) is 3.15. The summed E-state index contributed by atoms with van der Waals surface area (Å²) in [6, 6.07) is 0. The van der Waals surface area contributed by atoms with Gasteiger partial charge in [0.15, 0.2) is 0 Å². The van der Waals surface area contributed by atoms with Crippen LogP contribution >= 0.6 is 0 Å². The van der Waals surface area contributed by atoms with Crippen molar-refractivity contribution in [3.8, 4) is 0 Å². The maximum Gasteiger partial charge on any atom is 2.00 e. The second kappa shape index (κ2) is 60.6. The first-order chi connectivity index (χ1) is 5.24. The molecule has 9 heteroatoms. The Bertz CT molecular complexity index is 51.9. The SMILES string of the molecule is O=N[O-].[Co+2].[NH-]CC[NH-].[NH-]CC[NH-].[NH2-]. The summed E-state index contributed by atoms with van der Waals surface area (Å²) in [6.07, 6.45) is 0. The molecular weight excluding hydrogens is 223 g/mol. The minimum Gasteiger partial charge on any atom is -0.693 e. The number of nitrogens with two attached hydrogens (primary N) is 1. The van der Waals surface area contributed by atoms with E-state index >= 15 is 0 Å². The van der Waals surface area contributed by atoms with Gasteiger partial charge in [-0.15, -0.1) is 5.34 Å². The normalized spacial score (nSPS) is 5.54. The third kappa shape index (κ3) is 379. The first-order valence-corrected chi connectivity index (χ1v) is 2.78. The molecule has 0 fully saturated rings. The van der Waals surface area contributed by atoms with E-state index in [2.05, 4.69) is 0 Å². The van der Waals surface area contributed by atoms with Crippen molar-refractivity contribution >= 4 is 0 Å². The molecule has 0 bridgehead atoms. The number of hydrogen-bond acceptors (Lipinski definition) is 3. The minimum atomic E-state index is 0. The van der Waals surface area contributed by atoms with Gasteiger partial charge in [0.1, 0.15) is 0 Å². The van der Waals surface area contributed by atoms with Crippen LogP contribution in [0.4, 0.5) is 0 Å². The summed E-state index contributed by atoms with van der Waals surface area (Å²) in [5.74, 6) is 0. The Morgan fingerprint density at radius 3 is 1.00 bits per heavy atom. The Labute approximate surface area is 88.1 Å². The van der Waals surface area contributed by atoms with Gasteiger partial charge in [-0.1, -0.05) is 0 Å². The van der Waals surface area contributed by atoms with E-state index in [-0.39, 0.29) is 49.1 Å². The second-order valence-electron chi connectivity index (χ2n) is 1.07. The first-order valence-electron chi connectivity index (χ1n) is 2.78. The van der Waals surface area contributed by atoms with Crippen molar-refractivity contribution in [2.75, 3.05) is 26.2 Å². The van der Waals surface area contributed by atoms with Crippen LogP contribution in [0, 0.1) is 10.1 Å². The molecule has 13 heavy (non-hydrogen) atoms. The summed E-state index contributed by atoms with van der Waals surface area (Å²) in [7, 11) is 0. The summed E-state index contributed by atoms with van der Waals surface area (Å²) in [4.78, 5) is 8.00. The summed E-state index contributed by atoms with van der Waals surface area (Å²) < 4.78 is 0. The number of nitrogens with zero attached hydrogens (tertiary/aromatic N) is 1. The van der Waals surface area contributed by atoms with Crippen LogP contribution in [0.1, 0.15) is 0 Å². The maximum absolute atomic E-state index is 8.00. The summed E-state index contributed by atoms with van der Waals surface area (Å²) in [5.41, 5.74) is 25.1. The van der Waals surface area contributed by atoms with Gasteiger partial charge in [0.05, 0.1) is 0 Å². The molecule has 0 aromatic heterocycles. The van der Waals surface area contributed by atoms with Crippen LogP contribution in [-0.2, 0) is 16.8 Å². The zero-order valence-electron chi connectivity index (χ0n) is 7.00. The van der Waals surface area contributed by atoms with Gasteiger partial charge in [-0.25, -0.2) is 0 Å². The average molecular weight is 237 g/mol. The second-order valence-corrected chi connectivity index (χ2v) is 1.07. The Balaban J connectivity index is -0.0000000231. The van der Waals surface area contributed by atoms with Crippen LogP contribution < -0.4 is 0 Å². The fraction of sp³-hybridized carbons (Fsp3) is 1.00. The Morgan fingerprint density at radius 2 is 1.00 bits per heavy atom. The third-order valence-corrected chi connectivity index (χ3v) is 0.250. The van der Waals surface area contributed by atoms with Crippen molar-refractivity contribution in [2.24, 2.45) is 5.34 Å². The molecule has 8 nitrogen and oxygen atoms in total. The largest absolute Gasteiger partial charge is 2.00 e. The van der Waals surface area contributed by atoms with E-state index in [0.29, 0.717) is 0 Å². The first kappa shape index (κ1) is 29.3. The summed E-state index contributed by atoms with van der Waals surface area (Å²) in [6.45, 7) is 0.944. The van der Waals surface area contributed by atoms with Crippen molar-refractivity contribution in [1.29, 1.82) is 0 Å². The van der Waals surface area contributed by atoms with Gasteiger partial charge in [0.25, 0.3) is 0 Å². The van der Waals surface area contributed by atoms with E-state index in [1.165, 1.54) is 0 Å². The van der Waals surface area contributed by atoms with Crippen LogP contribution in [0.15, 0.2) is 5.34 Å². The molecule has 0 heterocycles. The van der Waals surface area contributed by atoms with Crippen LogP contribution in [0.2, 0.25) is 0 Å². The minimum absolute atomic E-state index is 0. The molecule has 0 unspecified atom stereocenters. The average Bonchev–Trinajstić information content (AvgIpc) is 2.06. The van der Waals surface area contributed by atoms with E-state index in [9.17, 15) is 0 Å². The van der Waals surface area contributed by atoms with Gasteiger partial charge in [0, 0.05) is 0 Å². The monoisotopic (exact) mass is 237 g/mol. The zero-order valence-corrected chi connectivity index (χ0v) is 8.04. The predicted molar refractivity (Wildman–Crippen MR) is 51.2 cm³/mol. The van der Waals surface area contributed by atoms with Crippen LogP contribution in [0.5, 0.6) is 0 Å². The van der Waals surface area contributed by atoms with Gasteiger partial charge < -0.3 is 39.2 Å². The molecule has 0 aliphatic rings. The molecule has 1 radical (unpaired) electrons. The standard InChI is InChI=1S/2C2H6N2.Co.HNO2.H2N/c2*3-1-2-4;;2-1-3;/h2*3-4H,1-2H2;;(H,2,3);1H2/q2*-2;+2;;-1/p-1. The molecule has 0 aliphatic carbocycles. The van der Waals surface area contributed by atoms with Gasteiger partial charge >= 0.3 is 16.8 Å². The third-order valence-electron chi connectivity index (χ3n) is 0.250. The molecule has 0 rings (SSSR count). The number of hydrogen-bond donors (Lipinski definition) is 0. The fourth-order valence-corrected chi connectivity index (χ4v) is 0. The van der Waals surface area contributed by atoms with Crippen molar-refractivity contribution in [3.63, 3.8) is 0 Å². The number of nitrogens with one attached hydrogen (secondary N) is 4. The molecule has 6 N–H and O–H groups in total. The van der Waals surface area contributed by atoms with Gasteiger partial charge in [-0.05, 0) is 0 Å². The van der Waals surface area contributed by atoms with E-state index in [1.807, 2.05) is 0 Å².